The first kappa shape index (κ1) is 18.7. The smallest absolute Gasteiger partial charge is 0.321 e. The lowest BCUT2D eigenvalue weighted by molar-refractivity contribution is 0.208. The van der Waals surface area contributed by atoms with E-state index in [4.69, 9.17) is 27.9 Å². The van der Waals surface area contributed by atoms with Gasteiger partial charge in [-0.2, -0.15) is 0 Å². The van der Waals surface area contributed by atoms with Gasteiger partial charge in [-0.1, -0.05) is 29.3 Å². The molecule has 0 unspecified atom stereocenters. The highest BCUT2D eigenvalue weighted by Gasteiger charge is 2.22. The lowest BCUT2D eigenvalue weighted by Gasteiger charge is -2.36. The standard InChI is InChI=1S/C19H21Cl2N3O2/c1-13-3-4-14(20)11-17(13)22-19(25)24-9-7-23(8-10-24)15-5-6-18(26-2)16(21)12-15/h3-6,11-12H,7-10H2,1-2H3,(H,22,25). The van der Waals surface area contributed by atoms with Crippen LogP contribution in [0, 0.1) is 6.92 Å². The van der Waals surface area contributed by atoms with E-state index in [0.717, 1.165) is 30.0 Å². The van der Waals surface area contributed by atoms with Gasteiger partial charge in [-0.25, -0.2) is 4.79 Å². The van der Waals surface area contributed by atoms with Crippen LogP contribution in [0.25, 0.3) is 0 Å². The van der Waals surface area contributed by atoms with Crippen LogP contribution >= 0.6 is 23.2 Å². The second-order valence-electron chi connectivity index (χ2n) is 6.18. The molecule has 1 fully saturated rings. The fourth-order valence-corrected chi connectivity index (χ4v) is 3.37. The molecule has 1 heterocycles. The molecule has 5 nitrogen and oxygen atoms in total. The summed E-state index contributed by atoms with van der Waals surface area (Å²) in [6.45, 7) is 4.69. The number of rotatable bonds is 3. The molecule has 1 saturated heterocycles. The molecular weight excluding hydrogens is 373 g/mol. The van der Waals surface area contributed by atoms with Gasteiger partial charge in [0.15, 0.2) is 0 Å². The number of nitrogens with zero attached hydrogens (tertiary/aromatic N) is 2. The third-order valence-corrected chi connectivity index (χ3v) is 5.04. The molecule has 1 aliphatic rings. The lowest BCUT2D eigenvalue weighted by Crippen LogP contribution is -2.50. The third-order valence-electron chi connectivity index (χ3n) is 4.51. The average molecular weight is 394 g/mol. The third kappa shape index (κ3) is 4.17. The molecule has 3 rings (SSSR count). The number of carbonyl (C=O) groups is 1. The van der Waals surface area contributed by atoms with E-state index in [0.29, 0.717) is 28.9 Å². The number of methoxy groups -OCH3 is 1. The van der Waals surface area contributed by atoms with Crippen molar-refractivity contribution in [2.24, 2.45) is 0 Å². The molecule has 0 atom stereocenters. The summed E-state index contributed by atoms with van der Waals surface area (Å²) in [5, 5.41) is 4.13. The second kappa shape index (κ2) is 8.06. The van der Waals surface area contributed by atoms with Gasteiger partial charge in [0.2, 0.25) is 0 Å². The molecule has 0 spiro atoms. The van der Waals surface area contributed by atoms with Gasteiger partial charge in [0.1, 0.15) is 5.75 Å². The van der Waals surface area contributed by atoms with Crippen LogP contribution in [0.5, 0.6) is 5.75 Å². The summed E-state index contributed by atoms with van der Waals surface area (Å²) in [7, 11) is 1.60. The fraction of sp³-hybridized carbons (Fsp3) is 0.316. The summed E-state index contributed by atoms with van der Waals surface area (Å²) in [5.74, 6) is 0.658. The largest absolute Gasteiger partial charge is 0.495 e. The molecule has 0 aliphatic carbocycles. The topological polar surface area (TPSA) is 44.8 Å². The number of aryl methyl sites for hydroxylation is 1. The Hall–Kier alpha value is -2.11. The molecule has 2 amide bonds. The summed E-state index contributed by atoms with van der Waals surface area (Å²) >= 11 is 12.2. The van der Waals surface area contributed by atoms with E-state index in [1.807, 2.05) is 42.2 Å². The van der Waals surface area contributed by atoms with Crippen molar-refractivity contribution in [3.63, 3.8) is 0 Å². The molecule has 138 valence electrons. The van der Waals surface area contributed by atoms with E-state index in [1.165, 1.54) is 0 Å². The van der Waals surface area contributed by atoms with Crippen molar-refractivity contribution in [2.75, 3.05) is 43.5 Å². The van der Waals surface area contributed by atoms with Crippen LogP contribution in [-0.4, -0.2) is 44.2 Å². The molecule has 1 aliphatic heterocycles. The maximum absolute atomic E-state index is 12.5. The molecule has 26 heavy (non-hydrogen) atoms. The summed E-state index contributed by atoms with van der Waals surface area (Å²) in [5.41, 5.74) is 2.75. The van der Waals surface area contributed by atoms with Gasteiger partial charge < -0.3 is 19.9 Å². The Morgan fingerprint density at radius 3 is 2.46 bits per heavy atom. The van der Waals surface area contributed by atoms with Gasteiger partial charge in [0.05, 0.1) is 12.1 Å². The van der Waals surface area contributed by atoms with E-state index in [-0.39, 0.29) is 6.03 Å². The normalized spacial score (nSPS) is 14.3. The number of benzene rings is 2. The zero-order chi connectivity index (χ0) is 18.7. The van der Waals surface area contributed by atoms with E-state index >= 15 is 0 Å². The number of urea groups is 1. The number of carbonyl (C=O) groups excluding carboxylic acids is 1. The minimum Gasteiger partial charge on any atom is -0.495 e. The minimum absolute atomic E-state index is 0.109. The zero-order valence-electron chi connectivity index (χ0n) is 14.8. The van der Waals surface area contributed by atoms with E-state index in [1.54, 1.807) is 13.2 Å². The van der Waals surface area contributed by atoms with Crippen LogP contribution in [0.2, 0.25) is 10.0 Å². The highest BCUT2D eigenvalue weighted by molar-refractivity contribution is 6.32. The first-order valence-corrected chi connectivity index (χ1v) is 9.14. The van der Waals surface area contributed by atoms with Gasteiger partial charge in [-0.3, -0.25) is 0 Å². The Balaban J connectivity index is 1.60. The highest BCUT2D eigenvalue weighted by Crippen LogP contribution is 2.29. The Morgan fingerprint density at radius 1 is 1.08 bits per heavy atom. The fourth-order valence-electron chi connectivity index (χ4n) is 2.94. The molecule has 0 aromatic heterocycles. The molecule has 0 saturated carbocycles. The van der Waals surface area contributed by atoms with Crippen molar-refractivity contribution in [1.82, 2.24) is 4.90 Å². The Labute approximate surface area is 163 Å². The summed E-state index contributed by atoms with van der Waals surface area (Å²) in [6.07, 6.45) is 0. The van der Waals surface area contributed by atoms with E-state index in [2.05, 4.69) is 10.2 Å². The molecule has 0 radical (unpaired) electrons. The number of amides is 2. The zero-order valence-corrected chi connectivity index (χ0v) is 16.3. The Morgan fingerprint density at radius 2 is 1.81 bits per heavy atom. The van der Waals surface area contributed by atoms with Gasteiger partial charge in [0, 0.05) is 42.6 Å². The molecule has 0 bridgehead atoms. The van der Waals surface area contributed by atoms with Crippen LogP contribution in [0.15, 0.2) is 36.4 Å². The molecule has 7 heteroatoms. The number of anilines is 2. The van der Waals surface area contributed by atoms with Crippen molar-refractivity contribution in [3.05, 3.63) is 52.0 Å². The Kier molecular flexibility index (Phi) is 5.79. The number of hydrogen-bond acceptors (Lipinski definition) is 3. The highest BCUT2D eigenvalue weighted by atomic mass is 35.5. The predicted octanol–water partition coefficient (Wildman–Crippen LogP) is 4.66. The number of halogens is 2. The first-order chi connectivity index (χ1) is 12.5. The molecular formula is C19H21Cl2N3O2. The van der Waals surface area contributed by atoms with Crippen molar-refractivity contribution < 1.29 is 9.53 Å². The van der Waals surface area contributed by atoms with Crippen LogP contribution in [0.1, 0.15) is 5.56 Å². The van der Waals surface area contributed by atoms with Gasteiger partial charge in [-0.15, -0.1) is 0 Å². The van der Waals surface area contributed by atoms with Crippen LogP contribution in [0.4, 0.5) is 16.2 Å². The number of nitrogens with one attached hydrogen (secondary N) is 1. The van der Waals surface area contributed by atoms with Crippen molar-refractivity contribution in [1.29, 1.82) is 0 Å². The average Bonchev–Trinajstić information content (AvgIpc) is 2.64. The van der Waals surface area contributed by atoms with Crippen molar-refractivity contribution >= 4 is 40.6 Å². The molecule has 2 aromatic rings. The van der Waals surface area contributed by atoms with Crippen LogP contribution < -0.4 is 15.0 Å². The number of ether oxygens (including phenoxy) is 1. The van der Waals surface area contributed by atoms with Crippen LogP contribution in [0.3, 0.4) is 0 Å². The van der Waals surface area contributed by atoms with E-state index < -0.39 is 0 Å². The quantitative estimate of drug-likeness (QED) is 0.823. The van der Waals surface area contributed by atoms with Crippen LogP contribution in [-0.2, 0) is 0 Å². The SMILES string of the molecule is COc1ccc(N2CCN(C(=O)Nc3cc(Cl)ccc3C)CC2)cc1Cl. The predicted molar refractivity (Wildman–Crippen MR) is 107 cm³/mol. The molecule has 2 aromatic carbocycles. The summed E-state index contributed by atoms with van der Waals surface area (Å²) in [4.78, 5) is 16.5. The van der Waals surface area contributed by atoms with Crippen molar-refractivity contribution in [3.8, 4) is 5.75 Å². The minimum atomic E-state index is -0.109. The van der Waals surface area contributed by atoms with E-state index in [9.17, 15) is 4.79 Å². The monoisotopic (exact) mass is 393 g/mol. The maximum Gasteiger partial charge on any atom is 0.321 e. The van der Waals surface area contributed by atoms with Gasteiger partial charge in [0.25, 0.3) is 0 Å². The first-order valence-electron chi connectivity index (χ1n) is 8.38. The molecule has 1 N–H and O–H groups in total. The summed E-state index contributed by atoms with van der Waals surface area (Å²) < 4.78 is 5.19. The number of hydrogen-bond donors (Lipinski definition) is 1. The Bertz CT molecular complexity index is 805. The number of piperazine rings is 1. The van der Waals surface area contributed by atoms with Crippen molar-refractivity contribution in [2.45, 2.75) is 6.92 Å². The van der Waals surface area contributed by atoms with Gasteiger partial charge in [-0.05, 0) is 42.8 Å². The van der Waals surface area contributed by atoms with Gasteiger partial charge >= 0.3 is 6.03 Å². The summed E-state index contributed by atoms with van der Waals surface area (Å²) in [6, 6.07) is 11.1. The lowest BCUT2D eigenvalue weighted by atomic mass is 10.2. The maximum atomic E-state index is 12.5. The second-order valence-corrected chi connectivity index (χ2v) is 7.03.